The largest absolute Gasteiger partial charge is 0.496 e. The first kappa shape index (κ1) is 22.6. The van der Waals surface area contributed by atoms with E-state index in [0.29, 0.717) is 0 Å². The zero-order chi connectivity index (χ0) is 22.6. The third-order valence-electron chi connectivity index (χ3n) is 6.91. The summed E-state index contributed by atoms with van der Waals surface area (Å²) in [5, 5.41) is 3.16. The van der Waals surface area contributed by atoms with E-state index >= 15 is 0 Å². The van der Waals surface area contributed by atoms with E-state index in [-0.39, 0.29) is 11.7 Å². The van der Waals surface area contributed by atoms with Crippen molar-refractivity contribution in [3.63, 3.8) is 0 Å². The highest BCUT2D eigenvalue weighted by Gasteiger charge is 2.37. The Hall–Kier alpha value is -2.60. The topological polar surface area (TPSA) is 44.8 Å². The molecule has 2 heterocycles. The van der Waals surface area contributed by atoms with Crippen LogP contribution in [0.1, 0.15) is 50.2 Å². The van der Waals surface area contributed by atoms with E-state index in [0.717, 1.165) is 56.9 Å². The molecule has 32 heavy (non-hydrogen) atoms. The Morgan fingerprint density at radius 3 is 2.34 bits per heavy atom. The van der Waals surface area contributed by atoms with Gasteiger partial charge in [0.1, 0.15) is 11.6 Å². The van der Waals surface area contributed by atoms with Crippen LogP contribution in [0.4, 0.5) is 10.1 Å². The Morgan fingerprint density at radius 2 is 1.72 bits per heavy atom. The number of piperidine rings is 2. The summed E-state index contributed by atoms with van der Waals surface area (Å²) in [7, 11) is 1.74. The number of benzene rings is 2. The van der Waals surface area contributed by atoms with Gasteiger partial charge in [-0.3, -0.25) is 9.69 Å². The van der Waals surface area contributed by atoms with Gasteiger partial charge in [0.2, 0.25) is 5.91 Å². The Labute approximate surface area is 190 Å². The molecule has 2 aromatic rings. The van der Waals surface area contributed by atoms with Crippen LogP contribution in [0.5, 0.6) is 5.75 Å². The highest BCUT2D eigenvalue weighted by Crippen LogP contribution is 2.35. The molecule has 2 fully saturated rings. The van der Waals surface area contributed by atoms with Crippen LogP contribution < -0.4 is 15.0 Å². The molecular weight excluding hydrogens is 405 g/mol. The summed E-state index contributed by atoms with van der Waals surface area (Å²) in [6.45, 7) is 6.27. The molecule has 2 saturated heterocycles. The number of carbonyl (C=O) groups is 1. The molecule has 0 spiro atoms. The van der Waals surface area contributed by atoms with Crippen molar-refractivity contribution in [3.05, 3.63) is 59.4 Å². The maximum atomic E-state index is 13.5. The summed E-state index contributed by atoms with van der Waals surface area (Å²) in [4.78, 5) is 16.8. The Bertz CT molecular complexity index is 917. The molecule has 1 amide bonds. The number of rotatable bonds is 6. The highest BCUT2D eigenvalue weighted by molar-refractivity contribution is 5.74. The van der Waals surface area contributed by atoms with Crippen LogP contribution in [-0.4, -0.2) is 44.1 Å². The predicted molar refractivity (Wildman–Crippen MR) is 125 cm³/mol. The molecule has 0 aromatic heterocycles. The van der Waals surface area contributed by atoms with Gasteiger partial charge in [-0.1, -0.05) is 18.2 Å². The predicted octanol–water partition coefficient (Wildman–Crippen LogP) is 4.45. The molecular formula is C26H34FN3O2. The zero-order valence-electron chi connectivity index (χ0n) is 19.2. The average Bonchev–Trinajstić information content (AvgIpc) is 2.81. The second-order valence-electron chi connectivity index (χ2n) is 9.09. The van der Waals surface area contributed by atoms with Crippen molar-refractivity contribution in [2.45, 2.75) is 51.1 Å². The summed E-state index contributed by atoms with van der Waals surface area (Å²) in [6, 6.07) is 13.1. The third-order valence-corrected chi connectivity index (χ3v) is 6.91. The van der Waals surface area contributed by atoms with Crippen molar-refractivity contribution in [2.24, 2.45) is 0 Å². The van der Waals surface area contributed by atoms with Crippen molar-refractivity contribution in [1.29, 1.82) is 0 Å². The van der Waals surface area contributed by atoms with Gasteiger partial charge >= 0.3 is 0 Å². The fraction of sp³-hybridized carbons (Fsp3) is 0.500. The average molecular weight is 440 g/mol. The van der Waals surface area contributed by atoms with Gasteiger partial charge in [-0.25, -0.2) is 4.39 Å². The lowest BCUT2D eigenvalue weighted by atomic mass is 9.80. The Kier molecular flexibility index (Phi) is 6.99. The number of carbonyl (C=O) groups excluding carboxylic acids is 1. The van der Waals surface area contributed by atoms with Crippen LogP contribution >= 0.6 is 0 Å². The van der Waals surface area contributed by atoms with E-state index in [1.54, 1.807) is 26.2 Å². The number of methoxy groups -OCH3 is 1. The fourth-order valence-corrected chi connectivity index (χ4v) is 5.14. The summed E-state index contributed by atoms with van der Waals surface area (Å²) in [6.07, 6.45) is 5.39. The SMILES string of the molecule is COc1cc(N2CCCCC2)ccc1CN1CCC(NC(C)=O)(c2ccc(F)cc2)CC1. The van der Waals surface area contributed by atoms with E-state index < -0.39 is 5.54 Å². The molecule has 6 heteroatoms. The molecule has 2 aliphatic heterocycles. The molecule has 0 radical (unpaired) electrons. The molecule has 2 aromatic carbocycles. The molecule has 0 aliphatic carbocycles. The molecule has 5 nitrogen and oxygen atoms in total. The van der Waals surface area contributed by atoms with E-state index in [4.69, 9.17) is 4.74 Å². The van der Waals surface area contributed by atoms with Gasteiger partial charge in [0.05, 0.1) is 12.6 Å². The molecule has 0 bridgehead atoms. The van der Waals surface area contributed by atoms with E-state index in [1.165, 1.54) is 42.6 Å². The van der Waals surface area contributed by atoms with Crippen molar-refractivity contribution in [1.82, 2.24) is 10.2 Å². The van der Waals surface area contributed by atoms with Crippen LogP contribution in [0.3, 0.4) is 0 Å². The maximum absolute atomic E-state index is 13.5. The Balaban J connectivity index is 1.45. The van der Waals surface area contributed by atoms with Gasteiger partial charge < -0.3 is 15.0 Å². The molecule has 0 unspecified atom stereocenters. The molecule has 1 N–H and O–H groups in total. The smallest absolute Gasteiger partial charge is 0.217 e. The lowest BCUT2D eigenvalue weighted by Gasteiger charge is -2.43. The number of nitrogens with one attached hydrogen (secondary N) is 1. The number of amides is 1. The fourth-order valence-electron chi connectivity index (χ4n) is 5.14. The first-order chi connectivity index (χ1) is 15.5. The standard InChI is InChI=1S/C26H34FN3O2/c1-20(31)28-26(22-7-9-23(27)10-8-22)12-16-29(17-13-26)19-21-6-11-24(18-25(21)32-2)30-14-4-3-5-15-30/h6-11,18H,3-5,12-17,19H2,1-2H3,(H,28,31). The molecule has 172 valence electrons. The molecule has 0 atom stereocenters. The van der Waals surface area contributed by atoms with Crippen LogP contribution in [0.25, 0.3) is 0 Å². The second kappa shape index (κ2) is 9.90. The minimum absolute atomic E-state index is 0.0576. The van der Waals surface area contributed by atoms with Gasteiger partial charge in [-0.15, -0.1) is 0 Å². The van der Waals surface area contributed by atoms with Gasteiger partial charge in [-0.05, 0) is 55.9 Å². The lowest BCUT2D eigenvalue weighted by molar-refractivity contribution is -0.121. The number of nitrogens with zero attached hydrogens (tertiary/aromatic N) is 2. The van der Waals surface area contributed by atoms with E-state index in [9.17, 15) is 9.18 Å². The number of anilines is 1. The van der Waals surface area contributed by atoms with Crippen molar-refractivity contribution in [3.8, 4) is 5.75 Å². The zero-order valence-corrected chi connectivity index (χ0v) is 19.2. The van der Waals surface area contributed by atoms with E-state index in [1.807, 2.05) is 0 Å². The Morgan fingerprint density at radius 1 is 1.03 bits per heavy atom. The first-order valence-electron chi connectivity index (χ1n) is 11.7. The van der Waals surface area contributed by atoms with Gasteiger partial charge in [0.15, 0.2) is 0 Å². The molecule has 0 saturated carbocycles. The number of halogens is 1. The maximum Gasteiger partial charge on any atom is 0.217 e. The second-order valence-corrected chi connectivity index (χ2v) is 9.09. The van der Waals surface area contributed by atoms with Gasteiger partial charge in [-0.2, -0.15) is 0 Å². The molecule has 2 aliphatic rings. The minimum atomic E-state index is -0.446. The quantitative estimate of drug-likeness (QED) is 0.722. The normalized spacial score (nSPS) is 18.9. The van der Waals surface area contributed by atoms with Crippen molar-refractivity contribution >= 4 is 11.6 Å². The number of likely N-dealkylation sites (tertiary alicyclic amines) is 1. The third kappa shape index (κ3) is 5.07. The number of hydrogen-bond donors (Lipinski definition) is 1. The van der Waals surface area contributed by atoms with Gasteiger partial charge in [0, 0.05) is 57.0 Å². The summed E-state index contributed by atoms with van der Waals surface area (Å²) in [5.41, 5.74) is 2.95. The molecule has 4 rings (SSSR count). The van der Waals surface area contributed by atoms with Crippen molar-refractivity contribution in [2.75, 3.05) is 38.2 Å². The first-order valence-corrected chi connectivity index (χ1v) is 11.7. The summed E-state index contributed by atoms with van der Waals surface area (Å²) >= 11 is 0. The summed E-state index contributed by atoms with van der Waals surface area (Å²) < 4.78 is 19.2. The van der Waals surface area contributed by atoms with E-state index in [2.05, 4.69) is 33.3 Å². The highest BCUT2D eigenvalue weighted by atomic mass is 19.1. The summed E-state index contributed by atoms with van der Waals surface area (Å²) in [5.74, 6) is 0.618. The monoisotopic (exact) mass is 439 g/mol. The van der Waals surface area contributed by atoms with Crippen molar-refractivity contribution < 1.29 is 13.9 Å². The van der Waals surface area contributed by atoms with Crippen LogP contribution in [0.15, 0.2) is 42.5 Å². The van der Waals surface area contributed by atoms with Crippen LogP contribution in [0, 0.1) is 5.82 Å². The minimum Gasteiger partial charge on any atom is -0.496 e. The lowest BCUT2D eigenvalue weighted by Crippen LogP contribution is -2.52. The number of hydrogen-bond acceptors (Lipinski definition) is 4. The van der Waals surface area contributed by atoms with Crippen LogP contribution in [-0.2, 0) is 16.9 Å². The number of ether oxygens (including phenoxy) is 1. The van der Waals surface area contributed by atoms with Crippen LogP contribution in [0.2, 0.25) is 0 Å². The van der Waals surface area contributed by atoms with Gasteiger partial charge in [0.25, 0.3) is 0 Å².